The number of fused-ring (bicyclic) bond motifs is 1. The van der Waals surface area contributed by atoms with Crippen molar-refractivity contribution >= 4 is 11.6 Å². The minimum Gasteiger partial charge on any atom is -0.504 e. The third-order valence-electron chi connectivity index (χ3n) is 5.37. The number of nitrogens with zero attached hydrogens (tertiary/aromatic N) is 3. The lowest BCUT2D eigenvalue weighted by Gasteiger charge is -2.36. The van der Waals surface area contributed by atoms with E-state index in [0.717, 1.165) is 43.0 Å². The summed E-state index contributed by atoms with van der Waals surface area (Å²) in [7, 11) is 2.18. The maximum atomic E-state index is 10.5. The summed E-state index contributed by atoms with van der Waals surface area (Å²) >= 11 is 5.94. The van der Waals surface area contributed by atoms with Crippen LogP contribution in [-0.2, 0) is 6.54 Å². The number of piperidine rings is 1. The van der Waals surface area contributed by atoms with Gasteiger partial charge in [0.2, 0.25) is 0 Å². The summed E-state index contributed by atoms with van der Waals surface area (Å²) < 4.78 is 5.89. The topological polar surface area (TPSA) is 48.8 Å². The van der Waals surface area contributed by atoms with E-state index in [1.807, 2.05) is 12.1 Å². The van der Waals surface area contributed by atoms with Crippen LogP contribution in [0.2, 0.25) is 5.02 Å². The van der Waals surface area contributed by atoms with E-state index in [1.165, 1.54) is 12.8 Å². The number of hydrogen-bond donors (Lipinski definition) is 1. The fourth-order valence-corrected chi connectivity index (χ4v) is 4.00. The lowest BCUT2D eigenvalue weighted by molar-refractivity contribution is 0.107. The van der Waals surface area contributed by atoms with E-state index in [0.29, 0.717) is 23.4 Å². The molecule has 1 fully saturated rings. The molecule has 0 atom stereocenters. The molecule has 2 aromatic rings. The van der Waals surface area contributed by atoms with Crippen molar-refractivity contribution in [3.63, 3.8) is 0 Å². The summed E-state index contributed by atoms with van der Waals surface area (Å²) in [5.74, 6) is 0.789. The monoisotopic (exact) mass is 373 g/mol. The van der Waals surface area contributed by atoms with E-state index in [1.54, 1.807) is 12.3 Å². The van der Waals surface area contributed by atoms with E-state index in [9.17, 15) is 5.11 Å². The first kappa shape index (κ1) is 17.6. The van der Waals surface area contributed by atoms with Crippen LogP contribution in [0.3, 0.4) is 0 Å². The highest BCUT2D eigenvalue weighted by molar-refractivity contribution is 6.30. The van der Waals surface area contributed by atoms with Crippen LogP contribution in [0.25, 0.3) is 11.3 Å². The Morgan fingerprint density at radius 3 is 2.73 bits per heavy atom. The van der Waals surface area contributed by atoms with Gasteiger partial charge in [0.25, 0.3) is 0 Å². The highest BCUT2D eigenvalue weighted by Crippen LogP contribution is 2.38. The van der Waals surface area contributed by atoms with Gasteiger partial charge in [0.15, 0.2) is 11.5 Å². The number of ether oxygens (including phenoxy) is 1. The Morgan fingerprint density at radius 2 is 2.00 bits per heavy atom. The molecular formula is C20H24ClN3O2. The molecule has 26 heavy (non-hydrogen) atoms. The molecule has 0 saturated carbocycles. The Labute approximate surface area is 159 Å². The number of hydrogen-bond acceptors (Lipinski definition) is 5. The summed E-state index contributed by atoms with van der Waals surface area (Å²) in [5, 5.41) is 11.1. The summed E-state index contributed by atoms with van der Waals surface area (Å²) in [6.45, 7) is 4.55. The molecule has 0 amide bonds. The second-order valence-electron chi connectivity index (χ2n) is 7.20. The van der Waals surface area contributed by atoms with Gasteiger partial charge in [-0.2, -0.15) is 0 Å². The average molecular weight is 374 g/mol. The zero-order chi connectivity index (χ0) is 18.1. The molecule has 1 saturated heterocycles. The molecule has 2 aliphatic rings. The first-order chi connectivity index (χ1) is 12.6. The van der Waals surface area contributed by atoms with Crippen LogP contribution in [0.1, 0.15) is 18.4 Å². The summed E-state index contributed by atoms with van der Waals surface area (Å²) in [4.78, 5) is 9.26. The van der Waals surface area contributed by atoms with Crippen LogP contribution < -0.4 is 4.74 Å². The van der Waals surface area contributed by atoms with Gasteiger partial charge in [0.1, 0.15) is 6.61 Å². The summed E-state index contributed by atoms with van der Waals surface area (Å²) in [5.41, 5.74) is 2.70. The quantitative estimate of drug-likeness (QED) is 0.874. The van der Waals surface area contributed by atoms with Crippen molar-refractivity contribution in [3.05, 3.63) is 41.0 Å². The van der Waals surface area contributed by atoms with Crippen molar-refractivity contribution in [1.29, 1.82) is 0 Å². The molecule has 0 spiro atoms. The molecule has 1 aromatic carbocycles. The number of rotatable bonds is 2. The molecular weight excluding hydrogens is 350 g/mol. The maximum Gasteiger partial charge on any atom is 0.165 e. The van der Waals surface area contributed by atoms with Crippen molar-refractivity contribution in [2.75, 3.05) is 33.3 Å². The molecule has 4 rings (SSSR count). The Kier molecular flexibility index (Phi) is 5.02. The van der Waals surface area contributed by atoms with Crippen molar-refractivity contribution in [2.24, 2.45) is 0 Å². The van der Waals surface area contributed by atoms with Crippen LogP contribution >= 0.6 is 11.6 Å². The predicted molar refractivity (Wildman–Crippen MR) is 103 cm³/mol. The molecule has 0 radical (unpaired) electrons. The first-order valence-electron chi connectivity index (χ1n) is 9.13. The molecule has 0 aliphatic carbocycles. The molecule has 2 aliphatic heterocycles. The number of benzene rings is 1. The van der Waals surface area contributed by atoms with Crippen LogP contribution in [0, 0.1) is 0 Å². The van der Waals surface area contributed by atoms with Crippen molar-refractivity contribution in [1.82, 2.24) is 14.8 Å². The smallest absolute Gasteiger partial charge is 0.165 e. The number of halogens is 1. The Bertz CT molecular complexity index is 773. The van der Waals surface area contributed by atoms with E-state index in [2.05, 4.69) is 27.9 Å². The molecule has 0 unspecified atom stereocenters. The molecule has 1 N–H and O–H groups in total. The number of phenols is 1. The largest absolute Gasteiger partial charge is 0.504 e. The van der Waals surface area contributed by atoms with Gasteiger partial charge in [0.05, 0.1) is 10.7 Å². The van der Waals surface area contributed by atoms with Crippen molar-refractivity contribution < 1.29 is 9.84 Å². The molecule has 3 heterocycles. The van der Waals surface area contributed by atoms with Crippen LogP contribution in [0.5, 0.6) is 11.5 Å². The predicted octanol–water partition coefficient (Wildman–Crippen LogP) is 3.40. The van der Waals surface area contributed by atoms with Crippen molar-refractivity contribution in [2.45, 2.75) is 25.4 Å². The maximum absolute atomic E-state index is 10.5. The molecule has 1 aromatic heterocycles. The second kappa shape index (κ2) is 7.43. The number of phenolic OH excluding ortho intramolecular Hbond substituents is 1. The molecule has 138 valence electrons. The lowest BCUT2D eigenvalue weighted by Crippen LogP contribution is -2.44. The van der Waals surface area contributed by atoms with Gasteiger partial charge in [-0.25, -0.2) is 0 Å². The average Bonchev–Trinajstić information content (AvgIpc) is 2.86. The van der Waals surface area contributed by atoms with Gasteiger partial charge in [-0.15, -0.1) is 0 Å². The summed E-state index contributed by atoms with van der Waals surface area (Å²) in [6.07, 6.45) is 3.98. The van der Waals surface area contributed by atoms with E-state index in [4.69, 9.17) is 16.3 Å². The van der Waals surface area contributed by atoms with Crippen LogP contribution in [-0.4, -0.2) is 59.2 Å². The third kappa shape index (κ3) is 3.65. The fourth-order valence-electron chi connectivity index (χ4n) is 3.89. The minimum atomic E-state index is 0.180. The fraction of sp³-hybridized carbons (Fsp3) is 0.450. The summed E-state index contributed by atoms with van der Waals surface area (Å²) in [6, 6.07) is 8.06. The second-order valence-corrected chi connectivity index (χ2v) is 7.64. The van der Waals surface area contributed by atoms with Crippen LogP contribution in [0.4, 0.5) is 0 Å². The van der Waals surface area contributed by atoms with Crippen molar-refractivity contribution in [3.8, 4) is 22.8 Å². The third-order valence-corrected chi connectivity index (χ3v) is 5.60. The van der Waals surface area contributed by atoms with E-state index < -0.39 is 0 Å². The SMILES string of the molecule is CN1CCC(N2CCOc3c(O)cc(-c4ccc(Cl)cn4)cc3C2)CC1. The molecule has 5 nitrogen and oxygen atoms in total. The van der Waals surface area contributed by atoms with Gasteiger partial charge in [0, 0.05) is 36.5 Å². The molecule has 6 heteroatoms. The Hall–Kier alpha value is -1.82. The Morgan fingerprint density at radius 1 is 1.19 bits per heavy atom. The zero-order valence-corrected chi connectivity index (χ0v) is 15.7. The highest BCUT2D eigenvalue weighted by atomic mass is 35.5. The number of pyridine rings is 1. The minimum absolute atomic E-state index is 0.180. The van der Waals surface area contributed by atoms with E-state index >= 15 is 0 Å². The standard InChI is InChI=1S/C20H24ClN3O2/c1-23-6-4-17(5-7-23)24-8-9-26-20-15(13-24)10-14(11-19(20)25)18-3-2-16(21)12-22-18/h2-3,10-12,17,25H,4-9,13H2,1H3. The van der Waals surface area contributed by atoms with Gasteiger partial charge < -0.3 is 14.7 Å². The Balaban J connectivity index is 1.62. The van der Waals surface area contributed by atoms with E-state index in [-0.39, 0.29) is 5.75 Å². The van der Waals surface area contributed by atoms with Gasteiger partial charge in [-0.05, 0) is 57.2 Å². The van der Waals surface area contributed by atoms with Gasteiger partial charge in [-0.1, -0.05) is 11.6 Å². The highest BCUT2D eigenvalue weighted by Gasteiger charge is 2.27. The first-order valence-corrected chi connectivity index (χ1v) is 9.51. The zero-order valence-electron chi connectivity index (χ0n) is 15.0. The molecule has 0 bridgehead atoms. The number of aromatic hydroxyl groups is 1. The number of aromatic nitrogens is 1. The normalized spacial score (nSPS) is 19.6. The van der Waals surface area contributed by atoms with Gasteiger partial charge in [-0.3, -0.25) is 9.88 Å². The van der Waals surface area contributed by atoms with Crippen LogP contribution in [0.15, 0.2) is 30.5 Å². The van der Waals surface area contributed by atoms with Gasteiger partial charge >= 0.3 is 0 Å². The lowest BCUT2D eigenvalue weighted by atomic mass is 10.0. The number of likely N-dealkylation sites (tertiary alicyclic amines) is 1.